The van der Waals surface area contributed by atoms with Crippen LogP contribution in [0.5, 0.6) is 0 Å². The summed E-state index contributed by atoms with van der Waals surface area (Å²) in [6, 6.07) is 5.84. The van der Waals surface area contributed by atoms with E-state index >= 15 is 0 Å². The van der Waals surface area contributed by atoms with Gasteiger partial charge in [0.05, 0.1) is 6.10 Å². The van der Waals surface area contributed by atoms with E-state index in [4.69, 9.17) is 22.9 Å². The largest absolute Gasteiger partial charge is 0.391 e. The lowest BCUT2D eigenvalue weighted by Gasteiger charge is -2.24. The van der Waals surface area contributed by atoms with Gasteiger partial charge in [0, 0.05) is 13.0 Å². The highest BCUT2D eigenvalue weighted by Gasteiger charge is 2.28. The predicted molar refractivity (Wildman–Crippen MR) is 113 cm³/mol. The first-order valence-corrected chi connectivity index (χ1v) is 9.54. The highest BCUT2D eigenvalue weighted by Crippen LogP contribution is 2.06. The minimum absolute atomic E-state index is 0.0900. The summed E-state index contributed by atoms with van der Waals surface area (Å²) in [5.41, 5.74) is 22.4. The van der Waals surface area contributed by atoms with Gasteiger partial charge in [0.15, 0.2) is 5.96 Å². The predicted octanol–water partition coefficient (Wildman–Crippen LogP) is -2.55. The Kier molecular flexibility index (Phi) is 10.3. The first kappa shape index (κ1) is 24.9. The maximum absolute atomic E-state index is 12.8. The molecule has 0 spiro atoms. The Bertz CT molecular complexity index is 736. The maximum Gasteiger partial charge on any atom is 0.243 e. The van der Waals surface area contributed by atoms with Gasteiger partial charge in [-0.25, -0.2) is 0 Å². The summed E-state index contributed by atoms with van der Waals surface area (Å²) in [6.07, 6.45) is -0.353. The lowest BCUT2D eigenvalue weighted by atomic mass is 10.0. The first-order valence-electron chi connectivity index (χ1n) is 9.54. The van der Waals surface area contributed by atoms with Gasteiger partial charge < -0.3 is 38.7 Å². The fraction of sp³-hybridized carbons (Fsp3) is 0.474. The number of hydrogen-bond acceptors (Lipinski definition) is 6. The van der Waals surface area contributed by atoms with Crippen molar-refractivity contribution in [2.24, 2.45) is 27.9 Å². The quantitative estimate of drug-likeness (QED) is 0.109. The topological polar surface area (TPSA) is 212 Å². The molecule has 0 fully saturated rings. The summed E-state index contributed by atoms with van der Waals surface area (Å²) in [5.74, 6) is -2.11. The number of rotatable bonds is 12. The Morgan fingerprint density at radius 2 is 1.63 bits per heavy atom. The molecule has 4 atom stereocenters. The van der Waals surface area contributed by atoms with E-state index in [9.17, 15) is 19.5 Å². The molecule has 1 aromatic rings. The lowest BCUT2D eigenvalue weighted by molar-refractivity contribution is -0.132. The number of aliphatic hydroxyl groups excluding tert-OH is 1. The molecule has 3 amide bonds. The van der Waals surface area contributed by atoms with Gasteiger partial charge in [-0.2, -0.15) is 0 Å². The number of hydrogen-bond donors (Lipinski definition) is 7. The molecule has 11 N–H and O–H groups in total. The van der Waals surface area contributed by atoms with E-state index in [0.29, 0.717) is 6.42 Å². The van der Waals surface area contributed by atoms with Crippen molar-refractivity contribution in [2.45, 2.75) is 50.4 Å². The van der Waals surface area contributed by atoms with Crippen LogP contribution in [0, 0.1) is 0 Å². The number of carbonyl (C=O) groups excluding carboxylic acids is 3. The van der Waals surface area contributed by atoms with E-state index in [0.717, 1.165) is 5.56 Å². The van der Waals surface area contributed by atoms with E-state index in [-0.39, 0.29) is 25.3 Å². The van der Waals surface area contributed by atoms with Crippen molar-refractivity contribution < 1.29 is 19.5 Å². The fourth-order valence-electron chi connectivity index (χ4n) is 2.60. The molecule has 0 saturated heterocycles. The summed E-state index contributed by atoms with van der Waals surface area (Å²) in [7, 11) is 0. The Hall–Kier alpha value is -3.18. The normalized spacial score (nSPS) is 14.6. The molecule has 30 heavy (non-hydrogen) atoms. The zero-order chi connectivity index (χ0) is 22.7. The lowest BCUT2D eigenvalue weighted by Crippen LogP contribution is -2.57. The number of aliphatic imine (C=N–C) groups is 1. The number of nitrogens with zero attached hydrogens (tertiary/aromatic N) is 1. The molecular formula is C19H31N7O4. The fourth-order valence-corrected chi connectivity index (χ4v) is 2.60. The van der Waals surface area contributed by atoms with Crippen LogP contribution in [0.2, 0.25) is 0 Å². The second-order valence-electron chi connectivity index (χ2n) is 6.93. The van der Waals surface area contributed by atoms with Gasteiger partial charge in [-0.1, -0.05) is 30.3 Å². The second-order valence-corrected chi connectivity index (χ2v) is 6.93. The van der Waals surface area contributed by atoms with E-state index in [1.54, 1.807) is 24.3 Å². The molecular weight excluding hydrogens is 390 g/mol. The van der Waals surface area contributed by atoms with Crippen LogP contribution in [0.4, 0.5) is 0 Å². The van der Waals surface area contributed by atoms with Gasteiger partial charge in [0.1, 0.15) is 18.1 Å². The third-order valence-electron chi connectivity index (χ3n) is 4.34. The van der Waals surface area contributed by atoms with Crippen LogP contribution in [-0.4, -0.2) is 59.6 Å². The molecule has 0 unspecified atom stereocenters. The van der Waals surface area contributed by atoms with Crippen LogP contribution in [0.3, 0.4) is 0 Å². The van der Waals surface area contributed by atoms with Crippen molar-refractivity contribution in [2.75, 3.05) is 6.54 Å². The van der Waals surface area contributed by atoms with Gasteiger partial charge in [-0.3, -0.25) is 19.4 Å². The van der Waals surface area contributed by atoms with Crippen LogP contribution in [0.25, 0.3) is 0 Å². The molecule has 0 radical (unpaired) electrons. The number of amides is 3. The summed E-state index contributed by atoms with van der Waals surface area (Å²) in [6.45, 7) is 1.61. The molecule has 1 rings (SSSR count). The number of guanidine groups is 1. The van der Waals surface area contributed by atoms with Crippen molar-refractivity contribution in [1.29, 1.82) is 0 Å². The molecule has 1 aromatic carbocycles. The van der Waals surface area contributed by atoms with Crippen molar-refractivity contribution in [3.05, 3.63) is 35.9 Å². The van der Waals surface area contributed by atoms with E-state index in [1.807, 2.05) is 6.07 Å². The molecule has 0 aliphatic heterocycles. The average Bonchev–Trinajstić information content (AvgIpc) is 2.69. The van der Waals surface area contributed by atoms with Gasteiger partial charge >= 0.3 is 0 Å². The first-order chi connectivity index (χ1) is 14.1. The molecule has 0 bridgehead atoms. The van der Waals surface area contributed by atoms with Crippen LogP contribution in [0.15, 0.2) is 35.3 Å². The Balaban J connectivity index is 2.87. The molecule has 0 aliphatic rings. The number of aliphatic hydroxyl groups is 1. The average molecular weight is 422 g/mol. The summed E-state index contributed by atoms with van der Waals surface area (Å²) in [4.78, 5) is 40.7. The smallest absolute Gasteiger partial charge is 0.243 e. The molecule has 0 aromatic heterocycles. The Labute approximate surface area is 175 Å². The Morgan fingerprint density at radius 3 is 2.17 bits per heavy atom. The molecule has 0 heterocycles. The SMILES string of the molecule is C[C@@H](O)[C@H](N)C(=O)N[C@@H](CCCN=C(N)N)C(=O)N[C@@H](Cc1ccccc1)C(N)=O. The minimum Gasteiger partial charge on any atom is -0.391 e. The van der Waals surface area contributed by atoms with Crippen LogP contribution < -0.4 is 33.6 Å². The monoisotopic (exact) mass is 421 g/mol. The number of primary amides is 1. The highest BCUT2D eigenvalue weighted by atomic mass is 16.3. The minimum atomic E-state index is -1.21. The molecule has 0 saturated carbocycles. The number of nitrogens with two attached hydrogens (primary N) is 4. The maximum atomic E-state index is 12.8. The molecule has 0 aliphatic carbocycles. The number of benzene rings is 1. The zero-order valence-corrected chi connectivity index (χ0v) is 17.0. The zero-order valence-electron chi connectivity index (χ0n) is 17.0. The van der Waals surface area contributed by atoms with Gasteiger partial charge in [-0.15, -0.1) is 0 Å². The van der Waals surface area contributed by atoms with Crippen LogP contribution in [-0.2, 0) is 20.8 Å². The van der Waals surface area contributed by atoms with Crippen LogP contribution in [0.1, 0.15) is 25.3 Å². The highest BCUT2D eigenvalue weighted by molar-refractivity contribution is 5.92. The second kappa shape index (κ2) is 12.4. The third kappa shape index (κ3) is 8.88. The van der Waals surface area contributed by atoms with Gasteiger partial charge in [-0.05, 0) is 25.3 Å². The van der Waals surface area contributed by atoms with Crippen LogP contribution >= 0.6 is 0 Å². The summed E-state index contributed by atoms with van der Waals surface area (Å²) >= 11 is 0. The number of nitrogens with one attached hydrogen (secondary N) is 2. The van der Waals surface area contributed by atoms with E-state index in [2.05, 4.69) is 15.6 Å². The molecule has 11 nitrogen and oxygen atoms in total. The summed E-state index contributed by atoms with van der Waals surface area (Å²) in [5, 5.41) is 14.6. The molecule has 11 heteroatoms. The Morgan fingerprint density at radius 1 is 1.03 bits per heavy atom. The van der Waals surface area contributed by atoms with Gasteiger partial charge in [0.25, 0.3) is 0 Å². The third-order valence-corrected chi connectivity index (χ3v) is 4.34. The standard InChI is InChI=1S/C19H31N7O4/c1-11(27)15(20)18(30)25-13(8-5-9-24-19(22)23)17(29)26-14(16(21)28)10-12-6-3-2-4-7-12/h2-4,6-7,11,13-15,27H,5,8-10,20H2,1H3,(H2,21,28)(H,25,30)(H,26,29)(H4,22,23,24)/t11-,13+,14+,15+/m1/s1. The summed E-state index contributed by atoms with van der Waals surface area (Å²) < 4.78 is 0. The molecule has 166 valence electrons. The number of carbonyl (C=O) groups is 3. The van der Waals surface area contributed by atoms with Crippen molar-refractivity contribution in [3.63, 3.8) is 0 Å². The van der Waals surface area contributed by atoms with E-state index in [1.165, 1.54) is 6.92 Å². The van der Waals surface area contributed by atoms with Gasteiger partial charge in [0.2, 0.25) is 17.7 Å². The van der Waals surface area contributed by atoms with Crippen molar-refractivity contribution >= 4 is 23.7 Å². The van der Waals surface area contributed by atoms with E-state index < -0.39 is 42.0 Å². The van der Waals surface area contributed by atoms with Crippen molar-refractivity contribution in [1.82, 2.24) is 10.6 Å². The van der Waals surface area contributed by atoms with Crippen molar-refractivity contribution in [3.8, 4) is 0 Å².